The summed E-state index contributed by atoms with van der Waals surface area (Å²) in [5.41, 5.74) is 0.000361. The number of anilines is 1. The normalized spacial score (nSPS) is 11.5. The van der Waals surface area contributed by atoms with Crippen molar-refractivity contribution in [3.63, 3.8) is 0 Å². The van der Waals surface area contributed by atoms with Gasteiger partial charge >= 0.3 is 6.18 Å². The highest BCUT2D eigenvalue weighted by molar-refractivity contribution is 7.13. The molecule has 0 spiro atoms. The number of carbonyl (C=O) groups excluding carboxylic acids is 2. The molecule has 0 fully saturated rings. The Labute approximate surface area is 182 Å². The van der Waals surface area contributed by atoms with Crippen LogP contribution in [0.2, 0.25) is 0 Å². The van der Waals surface area contributed by atoms with Crippen LogP contribution in [-0.4, -0.2) is 31.8 Å². The van der Waals surface area contributed by atoms with Gasteiger partial charge < -0.3 is 15.6 Å². The summed E-state index contributed by atoms with van der Waals surface area (Å²) in [5.74, 6) is -1.03. The number of hydrogen-bond donors (Lipinski definition) is 3. The van der Waals surface area contributed by atoms with Gasteiger partial charge in [0.2, 0.25) is 0 Å². The summed E-state index contributed by atoms with van der Waals surface area (Å²) < 4.78 is 39.2. The van der Waals surface area contributed by atoms with E-state index in [0.29, 0.717) is 16.0 Å². The summed E-state index contributed by atoms with van der Waals surface area (Å²) in [4.78, 5) is 40.1. The zero-order valence-corrected chi connectivity index (χ0v) is 17.3. The second-order valence-corrected chi connectivity index (χ2v) is 7.86. The summed E-state index contributed by atoms with van der Waals surface area (Å²) in [7, 11) is 0. The average Bonchev–Trinajstić information content (AvgIpc) is 3.42. The minimum Gasteiger partial charge on any atom is -0.346 e. The fourth-order valence-electron chi connectivity index (χ4n) is 2.99. The standard InChI is InChI=1S/C20H15F3N6O2S/c1-10-2-3-11(6-13(10)20(21,22)23)29-18(30)14-7-25-15(32-14)8-26-19(31)16-12-4-5-24-17(12)28-9-27-16/h2-7,9H,8H2,1H3,(H,26,31)(H,29,30)(H,24,27,28). The number of halogens is 3. The molecule has 0 radical (unpaired) electrons. The van der Waals surface area contributed by atoms with E-state index in [9.17, 15) is 22.8 Å². The van der Waals surface area contributed by atoms with Crippen LogP contribution in [0.1, 0.15) is 36.3 Å². The van der Waals surface area contributed by atoms with E-state index in [1.165, 1.54) is 31.6 Å². The number of thiazole rings is 1. The van der Waals surface area contributed by atoms with Crippen LogP contribution in [-0.2, 0) is 12.7 Å². The molecule has 3 heterocycles. The predicted molar refractivity (Wildman–Crippen MR) is 111 cm³/mol. The number of hydrogen-bond acceptors (Lipinski definition) is 6. The smallest absolute Gasteiger partial charge is 0.346 e. The van der Waals surface area contributed by atoms with E-state index in [0.717, 1.165) is 17.4 Å². The number of alkyl halides is 3. The molecule has 164 valence electrons. The monoisotopic (exact) mass is 460 g/mol. The molecule has 1 aromatic carbocycles. The molecule has 8 nitrogen and oxygen atoms in total. The van der Waals surface area contributed by atoms with Gasteiger partial charge in [-0.05, 0) is 30.7 Å². The first-order chi connectivity index (χ1) is 15.2. The molecular weight excluding hydrogens is 445 g/mol. The highest BCUT2D eigenvalue weighted by atomic mass is 32.1. The van der Waals surface area contributed by atoms with Crippen molar-refractivity contribution in [3.8, 4) is 0 Å². The van der Waals surface area contributed by atoms with E-state index in [-0.39, 0.29) is 28.4 Å². The van der Waals surface area contributed by atoms with E-state index in [1.54, 1.807) is 12.3 Å². The van der Waals surface area contributed by atoms with E-state index >= 15 is 0 Å². The highest BCUT2D eigenvalue weighted by Crippen LogP contribution is 2.33. The molecule has 0 saturated carbocycles. The van der Waals surface area contributed by atoms with E-state index in [1.807, 2.05) is 0 Å². The van der Waals surface area contributed by atoms with Crippen molar-refractivity contribution in [2.75, 3.05) is 5.32 Å². The number of nitrogens with zero attached hydrogens (tertiary/aromatic N) is 3. The number of benzene rings is 1. The topological polar surface area (TPSA) is 113 Å². The number of aromatic amines is 1. The van der Waals surface area contributed by atoms with Crippen LogP contribution < -0.4 is 10.6 Å². The zero-order valence-electron chi connectivity index (χ0n) is 16.4. The van der Waals surface area contributed by atoms with Crippen molar-refractivity contribution >= 4 is 39.9 Å². The number of fused-ring (bicyclic) bond motifs is 1. The van der Waals surface area contributed by atoms with Gasteiger partial charge in [-0.25, -0.2) is 15.0 Å². The molecular formula is C20H15F3N6O2S. The van der Waals surface area contributed by atoms with Crippen LogP contribution in [0, 0.1) is 6.92 Å². The minimum atomic E-state index is -4.52. The van der Waals surface area contributed by atoms with Gasteiger partial charge in [-0.1, -0.05) is 6.07 Å². The molecule has 4 aromatic rings. The van der Waals surface area contributed by atoms with E-state index < -0.39 is 23.6 Å². The first-order valence-corrected chi connectivity index (χ1v) is 10.0. The lowest BCUT2D eigenvalue weighted by Gasteiger charge is -2.12. The number of carbonyl (C=O) groups is 2. The number of aromatic nitrogens is 4. The Kier molecular flexibility index (Phi) is 5.61. The lowest BCUT2D eigenvalue weighted by molar-refractivity contribution is -0.138. The van der Waals surface area contributed by atoms with Crippen molar-refractivity contribution in [1.82, 2.24) is 25.3 Å². The van der Waals surface area contributed by atoms with Crippen molar-refractivity contribution in [2.45, 2.75) is 19.6 Å². The number of H-pyrrole nitrogens is 1. The SMILES string of the molecule is Cc1ccc(NC(=O)c2cnc(CNC(=O)c3ncnc4[nH]ccc34)s2)cc1C(F)(F)F. The molecule has 0 aliphatic heterocycles. The molecule has 0 unspecified atom stereocenters. The summed E-state index contributed by atoms with van der Waals surface area (Å²) in [6.45, 7) is 1.40. The van der Waals surface area contributed by atoms with Gasteiger partial charge in [0, 0.05) is 11.9 Å². The van der Waals surface area contributed by atoms with Crippen LogP contribution in [0.5, 0.6) is 0 Å². The maximum Gasteiger partial charge on any atom is 0.416 e. The molecule has 4 rings (SSSR count). The van der Waals surface area contributed by atoms with E-state index in [2.05, 4.69) is 30.6 Å². The predicted octanol–water partition coefficient (Wildman–Crippen LogP) is 3.92. The Bertz CT molecular complexity index is 1310. The minimum absolute atomic E-state index is 0.0236. The highest BCUT2D eigenvalue weighted by Gasteiger charge is 2.32. The molecule has 0 atom stereocenters. The van der Waals surface area contributed by atoms with Crippen LogP contribution in [0.4, 0.5) is 18.9 Å². The number of nitrogens with one attached hydrogen (secondary N) is 3. The maximum absolute atomic E-state index is 13.1. The Balaban J connectivity index is 1.41. The summed E-state index contributed by atoms with van der Waals surface area (Å²) in [6.07, 6.45) is -0.297. The Morgan fingerprint density at radius 2 is 1.94 bits per heavy atom. The van der Waals surface area contributed by atoms with E-state index in [4.69, 9.17) is 0 Å². The molecule has 0 saturated heterocycles. The van der Waals surface area contributed by atoms with Gasteiger partial charge in [-0.3, -0.25) is 9.59 Å². The average molecular weight is 460 g/mol. The summed E-state index contributed by atoms with van der Waals surface area (Å²) >= 11 is 1.02. The molecule has 12 heteroatoms. The molecule has 0 aliphatic rings. The van der Waals surface area contributed by atoms with Crippen molar-refractivity contribution in [2.24, 2.45) is 0 Å². The first kappa shape index (κ1) is 21.4. The van der Waals surface area contributed by atoms with Gasteiger partial charge in [0.25, 0.3) is 11.8 Å². The Morgan fingerprint density at radius 3 is 2.72 bits per heavy atom. The molecule has 32 heavy (non-hydrogen) atoms. The summed E-state index contributed by atoms with van der Waals surface area (Å²) in [5, 5.41) is 6.14. The third-order valence-electron chi connectivity index (χ3n) is 4.55. The van der Waals surface area contributed by atoms with Gasteiger partial charge in [0.15, 0.2) is 0 Å². The number of amides is 2. The number of rotatable bonds is 5. The largest absolute Gasteiger partial charge is 0.416 e. The summed E-state index contributed by atoms with van der Waals surface area (Å²) in [6, 6.07) is 5.26. The van der Waals surface area contributed by atoms with Gasteiger partial charge in [0.05, 0.1) is 23.7 Å². The Hall–Kier alpha value is -3.80. The third kappa shape index (κ3) is 4.44. The fraction of sp³-hybridized carbons (Fsp3) is 0.150. The fourth-order valence-corrected chi connectivity index (χ4v) is 3.74. The molecule has 3 aromatic heterocycles. The lowest BCUT2D eigenvalue weighted by Crippen LogP contribution is -2.24. The second kappa shape index (κ2) is 8.38. The quantitative estimate of drug-likeness (QED) is 0.418. The molecule has 2 amide bonds. The van der Waals surface area contributed by atoms with Gasteiger partial charge in [-0.15, -0.1) is 11.3 Å². The Morgan fingerprint density at radius 1 is 1.12 bits per heavy atom. The van der Waals surface area contributed by atoms with Crippen molar-refractivity contribution < 1.29 is 22.8 Å². The van der Waals surface area contributed by atoms with Gasteiger partial charge in [-0.2, -0.15) is 13.2 Å². The van der Waals surface area contributed by atoms with Crippen LogP contribution in [0.15, 0.2) is 43.0 Å². The zero-order chi connectivity index (χ0) is 22.9. The molecule has 0 aliphatic carbocycles. The number of aryl methyl sites for hydroxylation is 1. The van der Waals surface area contributed by atoms with Crippen LogP contribution in [0.25, 0.3) is 11.0 Å². The van der Waals surface area contributed by atoms with Gasteiger partial charge in [0.1, 0.15) is 27.6 Å². The third-order valence-corrected chi connectivity index (χ3v) is 5.54. The second-order valence-electron chi connectivity index (χ2n) is 6.74. The first-order valence-electron chi connectivity index (χ1n) is 9.22. The molecule has 3 N–H and O–H groups in total. The van der Waals surface area contributed by atoms with Crippen LogP contribution >= 0.6 is 11.3 Å². The van der Waals surface area contributed by atoms with Crippen LogP contribution in [0.3, 0.4) is 0 Å². The van der Waals surface area contributed by atoms with Crippen molar-refractivity contribution in [1.29, 1.82) is 0 Å². The maximum atomic E-state index is 13.1. The van der Waals surface area contributed by atoms with Crippen molar-refractivity contribution in [3.05, 3.63) is 69.7 Å². The molecule has 0 bridgehead atoms. The lowest BCUT2D eigenvalue weighted by atomic mass is 10.1.